The fraction of sp³-hybridized carbons (Fsp3) is 0.450. The van der Waals surface area contributed by atoms with Crippen molar-refractivity contribution in [1.29, 1.82) is 0 Å². The molecule has 0 unspecified atom stereocenters. The minimum atomic E-state index is 0. The molecule has 0 aliphatic rings. The fourth-order valence-electron chi connectivity index (χ4n) is 3.25. The van der Waals surface area contributed by atoms with Crippen molar-refractivity contribution in [3.8, 4) is 0 Å². The first-order chi connectivity index (χ1) is 13.1. The summed E-state index contributed by atoms with van der Waals surface area (Å²) >= 11 is 0. The molecule has 28 heavy (non-hydrogen) atoms. The van der Waals surface area contributed by atoms with Gasteiger partial charge in [-0.3, -0.25) is 4.79 Å². The summed E-state index contributed by atoms with van der Waals surface area (Å²) in [5.41, 5.74) is 4.89. The Morgan fingerprint density at radius 3 is 2.75 bits per heavy atom. The van der Waals surface area contributed by atoms with Gasteiger partial charge in [0.2, 0.25) is 5.91 Å². The van der Waals surface area contributed by atoms with Crippen molar-refractivity contribution in [1.82, 2.24) is 25.2 Å². The maximum absolute atomic E-state index is 12.1. The van der Waals surface area contributed by atoms with Crippen LogP contribution in [-0.2, 0) is 16.0 Å². The average molecular weight is 406 g/mol. The van der Waals surface area contributed by atoms with E-state index in [2.05, 4.69) is 15.7 Å². The summed E-state index contributed by atoms with van der Waals surface area (Å²) in [5.74, 6) is 0.0491. The normalized spacial score (nSPS) is 11.0. The highest BCUT2D eigenvalue weighted by Crippen LogP contribution is 2.22. The first-order valence-electron chi connectivity index (χ1n) is 9.31. The van der Waals surface area contributed by atoms with E-state index in [1.807, 2.05) is 42.6 Å². The molecular formula is C20H28ClN5O2. The zero-order valence-corrected chi connectivity index (χ0v) is 17.4. The molecule has 1 aromatic carbocycles. The lowest BCUT2D eigenvalue weighted by Gasteiger charge is -2.11. The van der Waals surface area contributed by atoms with Crippen LogP contribution >= 0.6 is 12.4 Å². The van der Waals surface area contributed by atoms with E-state index in [0.29, 0.717) is 26.0 Å². The highest BCUT2D eigenvalue weighted by atomic mass is 35.5. The summed E-state index contributed by atoms with van der Waals surface area (Å²) in [6, 6.07) is 8.01. The van der Waals surface area contributed by atoms with Gasteiger partial charge >= 0.3 is 0 Å². The van der Waals surface area contributed by atoms with E-state index in [1.165, 1.54) is 0 Å². The Labute approximate surface area is 171 Å². The minimum Gasteiger partial charge on any atom is -0.383 e. The maximum atomic E-state index is 12.1. The summed E-state index contributed by atoms with van der Waals surface area (Å²) in [4.78, 5) is 16.9. The Hall–Kier alpha value is -2.22. The van der Waals surface area contributed by atoms with Gasteiger partial charge in [-0.2, -0.15) is 5.10 Å². The van der Waals surface area contributed by atoms with Gasteiger partial charge in [0, 0.05) is 49.9 Å². The van der Waals surface area contributed by atoms with Crippen molar-refractivity contribution >= 4 is 34.9 Å². The van der Waals surface area contributed by atoms with Crippen LogP contribution in [0.4, 0.5) is 0 Å². The fourth-order valence-corrected chi connectivity index (χ4v) is 3.25. The van der Waals surface area contributed by atoms with E-state index in [1.54, 1.807) is 7.11 Å². The van der Waals surface area contributed by atoms with E-state index in [-0.39, 0.29) is 18.3 Å². The summed E-state index contributed by atoms with van der Waals surface area (Å²) < 4.78 is 6.86. The Bertz CT molecular complexity index is 941. The number of amides is 1. The van der Waals surface area contributed by atoms with Crippen LogP contribution in [-0.4, -0.2) is 53.9 Å². The number of fused-ring (bicyclic) bond motifs is 3. The van der Waals surface area contributed by atoms with Crippen LogP contribution in [0.25, 0.3) is 16.6 Å². The third-order valence-electron chi connectivity index (χ3n) is 4.73. The van der Waals surface area contributed by atoms with E-state index in [4.69, 9.17) is 9.72 Å². The number of aryl methyl sites for hydroxylation is 2. The summed E-state index contributed by atoms with van der Waals surface area (Å²) in [6.07, 6.45) is 1.09. The lowest BCUT2D eigenvalue weighted by molar-refractivity contribution is -0.121. The predicted octanol–water partition coefficient (Wildman–Crippen LogP) is 2.21. The van der Waals surface area contributed by atoms with Crippen LogP contribution in [0.1, 0.15) is 23.4 Å². The molecule has 152 valence electrons. The van der Waals surface area contributed by atoms with Gasteiger partial charge < -0.3 is 15.4 Å². The maximum Gasteiger partial charge on any atom is 0.220 e. The van der Waals surface area contributed by atoms with E-state index < -0.39 is 0 Å². The molecule has 0 saturated heterocycles. The van der Waals surface area contributed by atoms with Gasteiger partial charge in [0.15, 0.2) is 5.65 Å². The van der Waals surface area contributed by atoms with Crippen molar-refractivity contribution in [2.75, 3.05) is 33.4 Å². The summed E-state index contributed by atoms with van der Waals surface area (Å²) in [7, 11) is 1.67. The third kappa shape index (κ3) is 4.98. The molecule has 0 fully saturated rings. The Morgan fingerprint density at radius 2 is 1.96 bits per heavy atom. The van der Waals surface area contributed by atoms with Crippen LogP contribution < -0.4 is 10.6 Å². The first-order valence-corrected chi connectivity index (χ1v) is 9.31. The molecule has 8 heteroatoms. The molecule has 2 aromatic heterocycles. The Morgan fingerprint density at radius 1 is 1.18 bits per heavy atom. The lowest BCUT2D eigenvalue weighted by Crippen LogP contribution is -2.33. The Kier molecular flexibility index (Phi) is 8.17. The second kappa shape index (κ2) is 10.4. The Balaban J connectivity index is 0.00000280. The second-order valence-corrected chi connectivity index (χ2v) is 6.61. The smallest absolute Gasteiger partial charge is 0.220 e. The number of carbonyl (C=O) groups is 1. The number of nitrogens with zero attached hydrogens (tertiary/aromatic N) is 3. The van der Waals surface area contributed by atoms with Crippen LogP contribution in [0.3, 0.4) is 0 Å². The topological polar surface area (TPSA) is 80.5 Å². The zero-order valence-electron chi connectivity index (χ0n) is 16.6. The average Bonchev–Trinajstić information content (AvgIpc) is 3.03. The van der Waals surface area contributed by atoms with Crippen molar-refractivity contribution in [3.05, 3.63) is 41.2 Å². The molecule has 0 bridgehead atoms. The number of carbonyl (C=O) groups excluding carboxylic acids is 1. The molecule has 1 amide bonds. The van der Waals surface area contributed by atoms with Gasteiger partial charge in [-0.1, -0.05) is 12.1 Å². The van der Waals surface area contributed by atoms with E-state index in [0.717, 1.165) is 46.6 Å². The highest BCUT2D eigenvalue weighted by Gasteiger charge is 2.14. The molecule has 3 aromatic rings. The van der Waals surface area contributed by atoms with Crippen molar-refractivity contribution in [3.63, 3.8) is 0 Å². The number of hydrogen-bond acceptors (Lipinski definition) is 5. The van der Waals surface area contributed by atoms with Gasteiger partial charge in [-0.15, -0.1) is 12.4 Å². The predicted molar refractivity (Wildman–Crippen MR) is 113 cm³/mol. The van der Waals surface area contributed by atoms with E-state index >= 15 is 0 Å². The van der Waals surface area contributed by atoms with Crippen LogP contribution in [0.15, 0.2) is 24.3 Å². The number of benzene rings is 1. The molecule has 0 radical (unpaired) electrons. The molecule has 0 saturated carbocycles. The van der Waals surface area contributed by atoms with Crippen molar-refractivity contribution < 1.29 is 9.53 Å². The second-order valence-electron chi connectivity index (χ2n) is 6.61. The zero-order chi connectivity index (χ0) is 19.2. The molecule has 0 atom stereocenters. The van der Waals surface area contributed by atoms with Crippen LogP contribution in [0.2, 0.25) is 0 Å². The molecule has 0 aliphatic heterocycles. The third-order valence-corrected chi connectivity index (χ3v) is 4.73. The SMILES string of the molecule is COCCNCCNC(=O)CCc1c(C)nc2c3ccccc3nn2c1C.Cl. The number of rotatable bonds is 9. The lowest BCUT2D eigenvalue weighted by atomic mass is 10.1. The van der Waals surface area contributed by atoms with Gasteiger partial charge in [-0.05, 0) is 38.0 Å². The van der Waals surface area contributed by atoms with Crippen molar-refractivity contribution in [2.45, 2.75) is 26.7 Å². The minimum absolute atomic E-state index is 0. The van der Waals surface area contributed by atoms with Crippen LogP contribution in [0, 0.1) is 13.8 Å². The molecule has 7 nitrogen and oxygen atoms in total. The first kappa shape index (κ1) is 22.1. The van der Waals surface area contributed by atoms with Crippen molar-refractivity contribution in [2.24, 2.45) is 0 Å². The standard InChI is InChI=1S/C20H27N5O2.ClH/c1-14-16(8-9-19(26)22-11-10-21-12-13-27-3)15(2)25-20(23-14)17-6-4-5-7-18(17)24-25;/h4-7,21H,8-13H2,1-3H3,(H,22,26);1H. The largest absolute Gasteiger partial charge is 0.383 e. The highest BCUT2D eigenvalue weighted by molar-refractivity contribution is 5.92. The summed E-state index contributed by atoms with van der Waals surface area (Å²) in [6.45, 7) is 6.85. The van der Waals surface area contributed by atoms with Gasteiger partial charge in [-0.25, -0.2) is 9.50 Å². The molecule has 2 N–H and O–H groups in total. The van der Waals surface area contributed by atoms with E-state index in [9.17, 15) is 4.79 Å². The number of methoxy groups -OCH3 is 1. The van der Waals surface area contributed by atoms with Gasteiger partial charge in [0.25, 0.3) is 0 Å². The van der Waals surface area contributed by atoms with Gasteiger partial charge in [0.1, 0.15) is 0 Å². The number of halogens is 1. The van der Waals surface area contributed by atoms with Crippen LogP contribution in [0.5, 0.6) is 0 Å². The number of ether oxygens (including phenoxy) is 1. The molecular weight excluding hydrogens is 378 g/mol. The number of aromatic nitrogens is 3. The molecule has 2 heterocycles. The number of hydrogen-bond donors (Lipinski definition) is 2. The van der Waals surface area contributed by atoms with Gasteiger partial charge in [0.05, 0.1) is 12.1 Å². The molecule has 3 rings (SSSR count). The quantitative estimate of drug-likeness (QED) is 0.533. The summed E-state index contributed by atoms with van der Waals surface area (Å²) in [5, 5.41) is 11.9. The molecule has 0 spiro atoms. The monoisotopic (exact) mass is 405 g/mol. The molecule has 0 aliphatic carbocycles. The number of nitrogens with one attached hydrogen (secondary N) is 2.